The van der Waals surface area contributed by atoms with Gasteiger partial charge < -0.3 is 14.8 Å². The van der Waals surface area contributed by atoms with Gasteiger partial charge in [-0.25, -0.2) is 16.8 Å². The molecular weight excluding hydrogens is 518 g/mol. The largest absolute Gasteiger partial charge is 0.495 e. The summed E-state index contributed by atoms with van der Waals surface area (Å²) in [5, 5.41) is 2.65. The van der Waals surface area contributed by atoms with E-state index in [0.717, 1.165) is 4.31 Å². The van der Waals surface area contributed by atoms with Crippen LogP contribution < -0.4 is 14.4 Å². The van der Waals surface area contributed by atoms with Gasteiger partial charge in [0, 0.05) is 31.4 Å². The molecule has 1 aliphatic heterocycles. The highest BCUT2D eigenvalue weighted by atomic mass is 32.2. The van der Waals surface area contributed by atoms with Crippen molar-refractivity contribution >= 4 is 37.3 Å². The number of anilines is 2. The van der Waals surface area contributed by atoms with E-state index in [9.17, 15) is 21.6 Å². The van der Waals surface area contributed by atoms with E-state index in [1.54, 1.807) is 36.4 Å². The third-order valence-corrected chi connectivity index (χ3v) is 9.59. The maximum absolute atomic E-state index is 13.2. The third kappa shape index (κ3) is 5.62. The summed E-state index contributed by atoms with van der Waals surface area (Å²) < 4.78 is 65.6. The number of nitrogens with one attached hydrogen (secondary N) is 1. The van der Waals surface area contributed by atoms with Gasteiger partial charge in [-0.1, -0.05) is 24.3 Å². The summed E-state index contributed by atoms with van der Waals surface area (Å²) in [5.74, 6) is -0.493. The second-order valence-electron chi connectivity index (χ2n) is 8.17. The van der Waals surface area contributed by atoms with Gasteiger partial charge in [0.2, 0.25) is 10.0 Å². The van der Waals surface area contributed by atoms with Crippen molar-refractivity contribution in [2.45, 2.75) is 9.79 Å². The Morgan fingerprint density at radius 1 is 0.946 bits per heavy atom. The molecule has 0 aliphatic carbocycles. The third-order valence-electron chi connectivity index (χ3n) is 5.88. The lowest BCUT2D eigenvalue weighted by Gasteiger charge is -2.26. The molecule has 3 aromatic carbocycles. The number of rotatable bonds is 8. The topological polar surface area (TPSA) is 122 Å². The van der Waals surface area contributed by atoms with Crippen molar-refractivity contribution in [3.63, 3.8) is 0 Å². The lowest BCUT2D eigenvalue weighted by Crippen LogP contribution is -2.40. The molecule has 0 bridgehead atoms. The van der Waals surface area contributed by atoms with Gasteiger partial charge in [-0.05, 0) is 48.5 Å². The Bertz CT molecular complexity index is 1490. The molecule has 1 saturated heterocycles. The number of hydrogen-bond donors (Lipinski definition) is 1. The Balaban J connectivity index is 1.59. The molecule has 0 spiro atoms. The number of ether oxygens (including phenoxy) is 2. The summed E-state index contributed by atoms with van der Waals surface area (Å²) in [6.07, 6.45) is 0. The van der Waals surface area contributed by atoms with Crippen LogP contribution in [0, 0.1) is 0 Å². The first-order chi connectivity index (χ1) is 17.6. The van der Waals surface area contributed by atoms with E-state index in [4.69, 9.17) is 9.47 Å². The van der Waals surface area contributed by atoms with Crippen LogP contribution in [0.25, 0.3) is 0 Å². The van der Waals surface area contributed by atoms with Crippen molar-refractivity contribution in [1.82, 2.24) is 4.31 Å². The Labute approximate surface area is 216 Å². The molecular formula is C25H27N3O7S2. The van der Waals surface area contributed by atoms with E-state index >= 15 is 0 Å². The van der Waals surface area contributed by atoms with Crippen LogP contribution in [0.2, 0.25) is 0 Å². The first kappa shape index (κ1) is 26.6. The minimum Gasteiger partial charge on any atom is -0.495 e. The average Bonchev–Trinajstić information content (AvgIpc) is 2.93. The van der Waals surface area contributed by atoms with Gasteiger partial charge in [0.05, 0.1) is 30.9 Å². The van der Waals surface area contributed by atoms with E-state index in [1.807, 2.05) is 0 Å². The van der Waals surface area contributed by atoms with Crippen molar-refractivity contribution < 1.29 is 31.1 Å². The molecule has 12 heteroatoms. The number of amides is 1. The van der Waals surface area contributed by atoms with E-state index in [1.165, 1.54) is 54.9 Å². The van der Waals surface area contributed by atoms with Crippen LogP contribution in [0.15, 0.2) is 82.6 Å². The maximum Gasteiger partial charge on any atom is 0.264 e. The van der Waals surface area contributed by atoms with Gasteiger partial charge in [0.1, 0.15) is 10.6 Å². The highest BCUT2D eigenvalue weighted by Gasteiger charge is 2.30. The van der Waals surface area contributed by atoms with Crippen LogP contribution in [0.3, 0.4) is 0 Å². The van der Waals surface area contributed by atoms with Crippen molar-refractivity contribution in [2.24, 2.45) is 0 Å². The fourth-order valence-corrected chi connectivity index (χ4v) is 6.65. The lowest BCUT2D eigenvalue weighted by atomic mass is 10.2. The molecule has 0 saturated carbocycles. The number of nitrogens with zero attached hydrogens (tertiary/aromatic N) is 2. The predicted molar refractivity (Wildman–Crippen MR) is 139 cm³/mol. The van der Waals surface area contributed by atoms with Crippen molar-refractivity contribution in [2.75, 3.05) is 50.1 Å². The van der Waals surface area contributed by atoms with Gasteiger partial charge in [0.25, 0.3) is 15.9 Å². The van der Waals surface area contributed by atoms with Gasteiger partial charge in [-0.15, -0.1) is 0 Å². The molecule has 4 rings (SSSR count). The zero-order valence-corrected chi connectivity index (χ0v) is 22.0. The normalized spacial score (nSPS) is 14.6. The number of sulfonamides is 2. The summed E-state index contributed by atoms with van der Waals surface area (Å²) >= 11 is 0. The second kappa shape index (κ2) is 10.9. The molecule has 10 nitrogen and oxygen atoms in total. The molecule has 1 fully saturated rings. The molecule has 37 heavy (non-hydrogen) atoms. The summed E-state index contributed by atoms with van der Waals surface area (Å²) in [6.45, 7) is 0.947. The monoisotopic (exact) mass is 545 g/mol. The van der Waals surface area contributed by atoms with Crippen molar-refractivity contribution in [3.05, 3.63) is 78.4 Å². The van der Waals surface area contributed by atoms with Crippen LogP contribution in [0.1, 0.15) is 10.4 Å². The number of morpholine rings is 1. The van der Waals surface area contributed by atoms with Gasteiger partial charge in [-0.3, -0.25) is 9.10 Å². The minimum absolute atomic E-state index is 0.0121. The van der Waals surface area contributed by atoms with E-state index in [2.05, 4.69) is 5.32 Å². The number of carbonyl (C=O) groups is 1. The number of carbonyl (C=O) groups excluding carboxylic acids is 1. The number of para-hydroxylation sites is 1. The fraction of sp³-hybridized carbons (Fsp3) is 0.240. The summed E-state index contributed by atoms with van der Waals surface area (Å²) in [6, 6.07) is 18.6. The Kier molecular flexibility index (Phi) is 7.83. The first-order valence-corrected chi connectivity index (χ1v) is 14.2. The highest BCUT2D eigenvalue weighted by molar-refractivity contribution is 7.92. The van der Waals surface area contributed by atoms with Crippen LogP contribution in [0.5, 0.6) is 5.75 Å². The van der Waals surface area contributed by atoms with E-state index in [-0.39, 0.29) is 53.1 Å². The van der Waals surface area contributed by atoms with Crippen LogP contribution in [0.4, 0.5) is 11.4 Å². The minimum atomic E-state index is -3.93. The van der Waals surface area contributed by atoms with Crippen LogP contribution >= 0.6 is 0 Å². The molecule has 1 aliphatic rings. The SMILES string of the molecule is COc1ccc(C(=O)Nc2cccc(S(=O)(=O)N(C)c3ccccc3)c2)cc1S(=O)(=O)N1CCOCC1. The predicted octanol–water partition coefficient (Wildman–Crippen LogP) is 2.79. The smallest absolute Gasteiger partial charge is 0.264 e. The van der Waals surface area contributed by atoms with Gasteiger partial charge >= 0.3 is 0 Å². The van der Waals surface area contributed by atoms with Crippen LogP contribution in [-0.4, -0.2) is 67.5 Å². The molecule has 196 valence electrons. The molecule has 1 amide bonds. The molecule has 3 aromatic rings. The second-order valence-corrected chi connectivity index (χ2v) is 12.0. The molecule has 0 atom stereocenters. The maximum atomic E-state index is 13.2. The zero-order chi connectivity index (χ0) is 26.6. The Morgan fingerprint density at radius 3 is 2.32 bits per heavy atom. The average molecular weight is 546 g/mol. The number of benzene rings is 3. The van der Waals surface area contributed by atoms with E-state index in [0.29, 0.717) is 5.69 Å². The first-order valence-electron chi connectivity index (χ1n) is 11.4. The molecule has 1 heterocycles. The van der Waals surface area contributed by atoms with Crippen LogP contribution in [-0.2, 0) is 24.8 Å². The Hall–Kier alpha value is -3.45. The van der Waals surface area contributed by atoms with Crippen molar-refractivity contribution in [3.8, 4) is 5.75 Å². The fourth-order valence-electron chi connectivity index (χ4n) is 3.82. The van der Waals surface area contributed by atoms with Crippen molar-refractivity contribution in [1.29, 1.82) is 0 Å². The molecule has 1 N–H and O–H groups in total. The summed E-state index contributed by atoms with van der Waals surface area (Å²) in [5.41, 5.74) is 0.799. The van der Waals surface area contributed by atoms with Gasteiger partial charge in [0.15, 0.2) is 0 Å². The standard InChI is InChI=1S/C25H27N3O7S2/c1-27(21-8-4-3-5-9-21)36(30,31)22-10-6-7-20(18-22)26-25(29)19-11-12-23(34-2)24(17-19)37(32,33)28-13-15-35-16-14-28/h3-12,17-18H,13-16H2,1-2H3,(H,26,29). The lowest BCUT2D eigenvalue weighted by molar-refractivity contribution is 0.0729. The molecule has 0 unspecified atom stereocenters. The number of methoxy groups -OCH3 is 1. The summed E-state index contributed by atoms with van der Waals surface area (Å²) in [7, 11) is -5.02. The van der Waals surface area contributed by atoms with E-state index < -0.39 is 26.0 Å². The van der Waals surface area contributed by atoms with Gasteiger partial charge in [-0.2, -0.15) is 4.31 Å². The number of hydrogen-bond acceptors (Lipinski definition) is 7. The highest BCUT2D eigenvalue weighted by Crippen LogP contribution is 2.29. The summed E-state index contributed by atoms with van der Waals surface area (Å²) in [4.78, 5) is 12.9. The quantitative estimate of drug-likeness (QED) is 0.462. The Morgan fingerprint density at radius 2 is 1.65 bits per heavy atom. The zero-order valence-electron chi connectivity index (χ0n) is 20.3. The molecule has 0 radical (unpaired) electrons. The molecule has 0 aromatic heterocycles.